The highest BCUT2D eigenvalue weighted by Gasteiger charge is 2.51. The third-order valence-corrected chi connectivity index (χ3v) is 6.15. The molecule has 1 unspecified atom stereocenters. The summed E-state index contributed by atoms with van der Waals surface area (Å²) in [6.45, 7) is 2.19. The third-order valence-electron chi connectivity index (χ3n) is 6.15. The number of halogens is 6. The summed E-state index contributed by atoms with van der Waals surface area (Å²) in [6, 6.07) is -2.06. The van der Waals surface area contributed by atoms with E-state index in [1.54, 1.807) is 24.5 Å². The molecule has 0 aromatic rings. The zero-order valence-corrected chi connectivity index (χ0v) is 22.7. The van der Waals surface area contributed by atoms with Gasteiger partial charge in [0.05, 0.1) is 24.7 Å². The molecule has 0 bridgehead atoms. The monoisotopic (exact) mass is 608 g/mol. The van der Waals surface area contributed by atoms with E-state index in [0.717, 1.165) is 0 Å². The molecule has 1 fully saturated rings. The first-order chi connectivity index (χ1) is 18.9. The summed E-state index contributed by atoms with van der Waals surface area (Å²) in [5.74, 6) is -4.88. The van der Waals surface area contributed by atoms with Crippen LogP contribution >= 0.6 is 0 Å². The second kappa shape index (κ2) is 15.6. The van der Waals surface area contributed by atoms with Gasteiger partial charge in [-0.1, -0.05) is 26.7 Å². The Kier molecular flexibility index (Phi) is 13.6. The minimum Gasteiger partial charge on any atom is -0.466 e. The zero-order chi connectivity index (χ0) is 31.5. The lowest BCUT2D eigenvalue weighted by molar-refractivity contribution is -0.160. The van der Waals surface area contributed by atoms with Crippen molar-refractivity contribution in [2.24, 2.45) is 22.7 Å². The van der Waals surface area contributed by atoms with Gasteiger partial charge in [-0.15, -0.1) is 0 Å². The van der Waals surface area contributed by atoms with Gasteiger partial charge in [0.15, 0.2) is 13.2 Å². The van der Waals surface area contributed by atoms with E-state index in [1.165, 1.54) is 13.8 Å². The Morgan fingerprint density at radius 2 is 1.39 bits per heavy atom. The number of alkyl halides is 6. The second-order valence-corrected chi connectivity index (χ2v) is 9.14. The number of amides is 3. The van der Waals surface area contributed by atoms with Crippen molar-refractivity contribution in [2.75, 3.05) is 19.8 Å². The average Bonchev–Trinajstić information content (AvgIpc) is 3.16. The van der Waals surface area contributed by atoms with Gasteiger partial charge >= 0.3 is 30.5 Å². The van der Waals surface area contributed by atoms with E-state index in [4.69, 9.17) is 4.74 Å². The molecule has 0 aliphatic heterocycles. The maximum absolute atomic E-state index is 12.6. The van der Waals surface area contributed by atoms with Crippen LogP contribution in [0.2, 0.25) is 0 Å². The van der Waals surface area contributed by atoms with Crippen LogP contribution in [0.3, 0.4) is 0 Å². The zero-order valence-electron chi connectivity index (χ0n) is 22.7. The first-order valence-electron chi connectivity index (χ1n) is 12.6. The lowest BCUT2D eigenvalue weighted by Crippen LogP contribution is -2.51. The summed E-state index contributed by atoms with van der Waals surface area (Å²) in [6.07, 6.45) is -14.2. The Balaban J connectivity index is 3.52. The lowest BCUT2D eigenvalue weighted by Gasteiger charge is -2.35. The van der Waals surface area contributed by atoms with Crippen molar-refractivity contribution in [1.29, 1.82) is 0 Å². The molecule has 5 atom stereocenters. The molecule has 4 N–H and O–H groups in total. The lowest BCUT2D eigenvalue weighted by atomic mass is 9.80. The molecule has 1 aliphatic carbocycles. The number of carbonyl (C=O) groups is 4. The van der Waals surface area contributed by atoms with E-state index in [2.05, 4.69) is 19.8 Å². The highest BCUT2D eigenvalue weighted by Crippen LogP contribution is 2.40. The molecule has 0 aromatic carbocycles. The minimum atomic E-state index is -4.93. The van der Waals surface area contributed by atoms with Crippen LogP contribution in [0.1, 0.15) is 47.0 Å². The standard InChI is InChI=1S/C23H34F6N4O8/c1-5-12(6-2)16(30-11(4)34)15-14(8-13(17(15)35)18(36)39-7-3)31-19(32-20(37)40-9-22(24,25)26)33-21(38)41-10-23(27,28)29/h12-17,35H,5-10H2,1-4H3,(H,30,34)(H2,31,32,33,37,38)/t13-,14+,15+,16?,17+/m0/s1. The molecule has 18 heteroatoms. The van der Waals surface area contributed by atoms with Gasteiger partial charge < -0.3 is 24.6 Å². The first kappa shape index (κ1) is 35.7. The number of nitrogens with zero attached hydrogens (tertiary/aromatic N) is 1. The number of aliphatic hydroxyl groups excluding tert-OH is 1. The van der Waals surface area contributed by atoms with Crippen LogP contribution in [0.4, 0.5) is 35.9 Å². The number of carbonyl (C=O) groups excluding carboxylic acids is 4. The van der Waals surface area contributed by atoms with Crippen molar-refractivity contribution in [2.45, 2.75) is 77.5 Å². The molecule has 41 heavy (non-hydrogen) atoms. The molecular weight excluding hydrogens is 574 g/mol. The van der Waals surface area contributed by atoms with Crippen molar-refractivity contribution in [3.8, 4) is 0 Å². The van der Waals surface area contributed by atoms with Gasteiger partial charge in [-0.2, -0.15) is 26.3 Å². The predicted octanol–water partition coefficient (Wildman–Crippen LogP) is 2.79. The smallest absolute Gasteiger partial charge is 0.422 e. The number of aliphatic hydroxyl groups is 1. The number of hydrogen-bond acceptors (Lipinski definition) is 9. The number of nitrogens with one attached hydrogen (secondary N) is 3. The Hall–Kier alpha value is -3.31. The molecule has 0 aromatic heterocycles. The fourth-order valence-electron chi connectivity index (χ4n) is 4.51. The normalized spacial score (nSPS) is 21.5. The number of aliphatic imine (C=N–C) groups is 1. The van der Waals surface area contributed by atoms with E-state index in [1.807, 2.05) is 0 Å². The summed E-state index contributed by atoms with van der Waals surface area (Å²) in [5.41, 5.74) is 0. The highest BCUT2D eigenvalue weighted by molar-refractivity contribution is 6.01. The Morgan fingerprint density at radius 1 is 0.902 bits per heavy atom. The summed E-state index contributed by atoms with van der Waals surface area (Å²) in [7, 11) is 0. The summed E-state index contributed by atoms with van der Waals surface area (Å²) in [4.78, 5) is 52.7. The molecule has 1 aliphatic rings. The molecule has 0 heterocycles. The van der Waals surface area contributed by atoms with Crippen LogP contribution in [-0.4, -0.2) is 85.5 Å². The van der Waals surface area contributed by atoms with E-state index < -0.39 is 85.6 Å². The van der Waals surface area contributed by atoms with Crippen molar-refractivity contribution in [3.05, 3.63) is 0 Å². The maximum Gasteiger partial charge on any atom is 0.422 e. The van der Waals surface area contributed by atoms with Crippen molar-refractivity contribution in [1.82, 2.24) is 16.0 Å². The van der Waals surface area contributed by atoms with E-state index >= 15 is 0 Å². The van der Waals surface area contributed by atoms with E-state index in [9.17, 15) is 50.6 Å². The van der Waals surface area contributed by atoms with Crippen LogP contribution in [0.5, 0.6) is 0 Å². The van der Waals surface area contributed by atoms with Gasteiger partial charge in [-0.25, -0.2) is 14.6 Å². The Bertz CT molecular complexity index is 908. The van der Waals surface area contributed by atoms with Crippen LogP contribution in [0.15, 0.2) is 4.99 Å². The molecule has 12 nitrogen and oxygen atoms in total. The number of alkyl carbamates (subject to hydrolysis) is 2. The van der Waals surface area contributed by atoms with Crippen molar-refractivity contribution < 1.29 is 64.8 Å². The topological polar surface area (TPSA) is 165 Å². The molecule has 1 saturated carbocycles. The van der Waals surface area contributed by atoms with Gasteiger partial charge in [0.2, 0.25) is 11.9 Å². The van der Waals surface area contributed by atoms with Gasteiger partial charge in [0, 0.05) is 18.9 Å². The first-order valence-corrected chi connectivity index (χ1v) is 12.6. The summed E-state index contributed by atoms with van der Waals surface area (Å²) >= 11 is 0. The molecule has 0 saturated heterocycles. The van der Waals surface area contributed by atoms with Crippen molar-refractivity contribution >= 4 is 30.0 Å². The number of hydrogen-bond donors (Lipinski definition) is 4. The molecule has 0 spiro atoms. The quantitative estimate of drug-likeness (QED) is 0.0967. The average molecular weight is 609 g/mol. The van der Waals surface area contributed by atoms with Crippen LogP contribution in [0, 0.1) is 17.8 Å². The molecule has 236 valence electrons. The third kappa shape index (κ3) is 12.4. The summed E-state index contributed by atoms with van der Waals surface area (Å²) in [5, 5.41) is 17.3. The van der Waals surface area contributed by atoms with Crippen LogP contribution in [-0.2, 0) is 23.8 Å². The maximum atomic E-state index is 12.6. The molecule has 3 amide bonds. The number of guanidine groups is 1. The van der Waals surface area contributed by atoms with Crippen LogP contribution < -0.4 is 16.0 Å². The second-order valence-electron chi connectivity index (χ2n) is 9.14. The van der Waals surface area contributed by atoms with E-state index in [0.29, 0.717) is 12.8 Å². The summed E-state index contributed by atoms with van der Waals surface area (Å²) < 4.78 is 87.9. The Labute approximate surface area is 231 Å². The fourth-order valence-corrected chi connectivity index (χ4v) is 4.51. The van der Waals surface area contributed by atoms with Crippen LogP contribution in [0.25, 0.3) is 0 Å². The largest absolute Gasteiger partial charge is 0.466 e. The SMILES string of the molecule is CCOC(=O)[C@H]1C[C@@H](N=C(NC(=O)OCC(F)(F)F)NC(=O)OCC(F)(F)F)[C@H](C(NC(C)=O)C(CC)CC)[C@@H]1O. The van der Waals surface area contributed by atoms with Crippen molar-refractivity contribution in [3.63, 3.8) is 0 Å². The van der Waals surface area contributed by atoms with Gasteiger partial charge in [-0.3, -0.25) is 20.2 Å². The molecular formula is C23H34F6N4O8. The fraction of sp³-hybridized carbons (Fsp3) is 0.783. The number of ether oxygens (including phenoxy) is 3. The minimum absolute atomic E-state index is 0.0488. The van der Waals surface area contributed by atoms with Gasteiger partial charge in [-0.05, 0) is 19.3 Å². The predicted molar refractivity (Wildman–Crippen MR) is 128 cm³/mol. The van der Waals surface area contributed by atoms with E-state index in [-0.39, 0.29) is 18.9 Å². The molecule has 0 radical (unpaired) electrons. The number of esters is 1. The Morgan fingerprint density at radius 3 is 1.78 bits per heavy atom. The molecule has 1 rings (SSSR count). The van der Waals surface area contributed by atoms with Gasteiger partial charge in [0.25, 0.3) is 0 Å². The number of rotatable bonds is 10. The highest BCUT2D eigenvalue weighted by atomic mass is 19.4. The van der Waals surface area contributed by atoms with Gasteiger partial charge in [0.1, 0.15) is 0 Å².